The number of nitrogens with one attached hydrogen (secondary N) is 2. The number of aryl methyl sites for hydroxylation is 1. The highest BCUT2D eigenvalue weighted by atomic mass is 35.5. The number of carbonyl (C=O) groups is 1. The molecule has 3 rings (SSSR count). The highest BCUT2D eigenvalue weighted by Crippen LogP contribution is 2.40. The summed E-state index contributed by atoms with van der Waals surface area (Å²) in [5.41, 5.74) is -1.02. The number of amides is 1. The van der Waals surface area contributed by atoms with Crippen LogP contribution < -0.4 is 10.7 Å². The summed E-state index contributed by atoms with van der Waals surface area (Å²) < 4.78 is 5.05. The maximum absolute atomic E-state index is 12.5. The lowest BCUT2D eigenvalue weighted by molar-refractivity contribution is 0.0885. The molecule has 1 amide bonds. The van der Waals surface area contributed by atoms with Crippen molar-refractivity contribution in [3.63, 3.8) is 0 Å². The van der Waals surface area contributed by atoms with E-state index < -0.39 is 16.9 Å². The summed E-state index contributed by atoms with van der Waals surface area (Å²) in [6.45, 7) is 3.56. The Bertz CT molecular complexity index is 796. The summed E-state index contributed by atoms with van der Waals surface area (Å²) in [5.74, 6) is 0.996. The van der Waals surface area contributed by atoms with E-state index in [2.05, 4.69) is 20.4 Å². The predicted octanol–water partition coefficient (Wildman–Crippen LogP) is 2.17. The molecule has 2 heterocycles. The second-order valence-electron chi connectivity index (χ2n) is 6.13. The minimum Gasteiger partial charge on any atom is -0.356 e. The molecule has 1 atom stereocenters. The van der Waals surface area contributed by atoms with Gasteiger partial charge in [0.05, 0.1) is 0 Å². The number of aromatic amines is 1. The lowest BCUT2D eigenvalue weighted by atomic mass is 9.93. The summed E-state index contributed by atoms with van der Waals surface area (Å²) >= 11 is 5.69. The topological polar surface area (TPSA) is 101 Å². The van der Waals surface area contributed by atoms with E-state index in [1.54, 1.807) is 6.92 Å². The van der Waals surface area contributed by atoms with Crippen LogP contribution in [-0.4, -0.2) is 21.0 Å². The van der Waals surface area contributed by atoms with Gasteiger partial charge in [-0.3, -0.25) is 9.59 Å². The van der Waals surface area contributed by atoms with Gasteiger partial charge in [0, 0.05) is 19.2 Å². The number of nitrogens with zero attached hydrogens (tertiary/aromatic N) is 2. The summed E-state index contributed by atoms with van der Waals surface area (Å²) in [7, 11) is 0. The SMILES string of the molecule is Cc1nc(C(C)(CC2CC2)NC(=O)c2cc(=O)c(Cl)c[nH]2)no1. The fraction of sp³-hybridized carbons (Fsp3) is 0.467. The molecule has 2 N–H and O–H groups in total. The van der Waals surface area contributed by atoms with Crippen molar-refractivity contribution in [2.75, 3.05) is 0 Å². The number of hydrogen-bond acceptors (Lipinski definition) is 5. The van der Waals surface area contributed by atoms with Crippen LogP contribution in [0.3, 0.4) is 0 Å². The van der Waals surface area contributed by atoms with Gasteiger partial charge < -0.3 is 14.8 Å². The minimum atomic E-state index is -0.757. The van der Waals surface area contributed by atoms with Crippen LogP contribution in [0.5, 0.6) is 0 Å². The third-order valence-electron chi connectivity index (χ3n) is 3.91. The van der Waals surface area contributed by atoms with Crippen molar-refractivity contribution in [1.29, 1.82) is 0 Å². The van der Waals surface area contributed by atoms with Gasteiger partial charge in [-0.1, -0.05) is 29.6 Å². The Kier molecular flexibility index (Phi) is 3.97. The normalized spacial score (nSPS) is 16.8. The molecule has 0 spiro atoms. The number of hydrogen-bond donors (Lipinski definition) is 2. The average Bonchev–Trinajstić information content (AvgIpc) is 3.18. The first-order chi connectivity index (χ1) is 10.9. The Balaban J connectivity index is 1.86. The van der Waals surface area contributed by atoms with Gasteiger partial charge in [0.1, 0.15) is 16.3 Å². The second kappa shape index (κ2) is 5.81. The zero-order valence-electron chi connectivity index (χ0n) is 12.9. The van der Waals surface area contributed by atoms with Gasteiger partial charge in [-0.15, -0.1) is 0 Å². The van der Waals surface area contributed by atoms with Crippen molar-refractivity contribution in [2.45, 2.75) is 38.6 Å². The Morgan fingerprint density at radius 3 is 2.87 bits per heavy atom. The van der Waals surface area contributed by atoms with E-state index in [1.165, 1.54) is 12.3 Å². The van der Waals surface area contributed by atoms with Crippen molar-refractivity contribution >= 4 is 17.5 Å². The van der Waals surface area contributed by atoms with Crippen LogP contribution in [-0.2, 0) is 5.54 Å². The number of carbonyl (C=O) groups excluding carboxylic acids is 1. The molecule has 0 aromatic carbocycles. The molecule has 2 aromatic heterocycles. The predicted molar refractivity (Wildman–Crippen MR) is 83.3 cm³/mol. The van der Waals surface area contributed by atoms with E-state index in [-0.39, 0.29) is 10.7 Å². The van der Waals surface area contributed by atoms with Crippen molar-refractivity contribution in [1.82, 2.24) is 20.4 Å². The average molecular weight is 337 g/mol. The summed E-state index contributed by atoms with van der Waals surface area (Å²) in [4.78, 5) is 31.1. The first kappa shape index (κ1) is 15.7. The van der Waals surface area contributed by atoms with Gasteiger partial charge in [0.15, 0.2) is 5.82 Å². The van der Waals surface area contributed by atoms with Crippen molar-refractivity contribution in [3.05, 3.63) is 44.9 Å². The van der Waals surface area contributed by atoms with Gasteiger partial charge >= 0.3 is 0 Å². The molecule has 1 saturated carbocycles. The van der Waals surface area contributed by atoms with E-state index in [4.69, 9.17) is 16.1 Å². The van der Waals surface area contributed by atoms with Crippen LogP contribution >= 0.6 is 11.6 Å². The molecule has 1 fully saturated rings. The minimum absolute atomic E-state index is 0.0380. The molecule has 0 bridgehead atoms. The maximum Gasteiger partial charge on any atom is 0.268 e. The molecule has 1 unspecified atom stereocenters. The van der Waals surface area contributed by atoms with E-state index in [1.807, 2.05) is 6.92 Å². The zero-order chi connectivity index (χ0) is 16.6. The van der Waals surface area contributed by atoms with E-state index in [9.17, 15) is 9.59 Å². The number of pyridine rings is 1. The van der Waals surface area contributed by atoms with Crippen LogP contribution in [0.1, 0.15) is 48.4 Å². The molecule has 1 aliphatic carbocycles. The molecule has 0 radical (unpaired) electrons. The number of halogens is 1. The Hall–Kier alpha value is -2.15. The third kappa shape index (κ3) is 3.44. The highest BCUT2D eigenvalue weighted by Gasteiger charge is 2.39. The van der Waals surface area contributed by atoms with Crippen molar-refractivity contribution in [3.8, 4) is 0 Å². The Labute approximate surface area is 137 Å². The van der Waals surface area contributed by atoms with Gasteiger partial charge in [-0.2, -0.15) is 4.98 Å². The molecule has 8 heteroatoms. The molecule has 0 aliphatic heterocycles. The summed E-state index contributed by atoms with van der Waals surface area (Å²) in [5, 5.41) is 6.91. The van der Waals surface area contributed by atoms with Crippen LogP contribution in [0.2, 0.25) is 5.02 Å². The lowest BCUT2D eigenvalue weighted by Crippen LogP contribution is -2.45. The summed E-state index contributed by atoms with van der Waals surface area (Å²) in [6, 6.07) is 1.18. The molecule has 122 valence electrons. The molecule has 1 aliphatic rings. The quantitative estimate of drug-likeness (QED) is 0.871. The molecule has 2 aromatic rings. The van der Waals surface area contributed by atoms with Gasteiger partial charge in [-0.05, 0) is 19.3 Å². The fourth-order valence-corrected chi connectivity index (χ4v) is 2.63. The molecule has 23 heavy (non-hydrogen) atoms. The third-order valence-corrected chi connectivity index (χ3v) is 4.21. The summed E-state index contributed by atoms with van der Waals surface area (Å²) in [6.07, 6.45) is 4.27. The van der Waals surface area contributed by atoms with Gasteiger partial charge in [0.25, 0.3) is 5.91 Å². The molecule has 7 nitrogen and oxygen atoms in total. The van der Waals surface area contributed by atoms with E-state index in [0.29, 0.717) is 17.6 Å². The van der Waals surface area contributed by atoms with Gasteiger partial charge in [0.2, 0.25) is 11.3 Å². The highest BCUT2D eigenvalue weighted by molar-refractivity contribution is 6.30. The van der Waals surface area contributed by atoms with E-state index in [0.717, 1.165) is 19.3 Å². The number of rotatable bonds is 5. The molecular weight excluding hydrogens is 320 g/mol. The molecule has 0 saturated heterocycles. The van der Waals surface area contributed by atoms with Crippen LogP contribution in [0.15, 0.2) is 21.6 Å². The standard InChI is InChI=1S/C15H17ClN4O3/c1-8-18-14(20-23-8)15(2,6-9-3-4-9)19-13(22)11-5-12(21)10(16)7-17-11/h5,7,9H,3-4,6H2,1-2H3,(H,17,21)(H,19,22). The number of H-pyrrole nitrogens is 1. The largest absolute Gasteiger partial charge is 0.356 e. The van der Waals surface area contributed by atoms with Crippen LogP contribution in [0.4, 0.5) is 0 Å². The zero-order valence-corrected chi connectivity index (χ0v) is 13.6. The maximum atomic E-state index is 12.5. The monoisotopic (exact) mass is 336 g/mol. The van der Waals surface area contributed by atoms with Crippen LogP contribution in [0.25, 0.3) is 0 Å². The van der Waals surface area contributed by atoms with Crippen molar-refractivity contribution < 1.29 is 9.32 Å². The van der Waals surface area contributed by atoms with Crippen LogP contribution in [0, 0.1) is 12.8 Å². The molecular formula is C15H17ClN4O3. The number of aromatic nitrogens is 3. The Morgan fingerprint density at radius 1 is 1.57 bits per heavy atom. The second-order valence-corrected chi connectivity index (χ2v) is 6.54. The van der Waals surface area contributed by atoms with Crippen molar-refractivity contribution in [2.24, 2.45) is 5.92 Å². The fourth-order valence-electron chi connectivity index (χ4n) is 2.52. The van der Waals surface area contributed by atoms with E-state index >= 15 is 0 Å². The Morgan fingerprint density at radius 2 is 2.30 bits per heavy atom. The smallest absolute Gasteiger partial charge is 0.268 e. The first-order valence-electron chi connectivity index (χ1n) is 7.39. The van der Waals surface area contributed by atoms with Gasteiger partial charge in [-0.25, -0.2) is 0 Å². The first-order valence-corrected chi connectivity index (χ1v) is 7.77. The lowest BCUT2D eigenvalue weighted by Gasteiger charge is -2.27.